The van der Waals surface area contributed by atoms with E-state index in [1.165, 1.54) is 41.3 Å². The summed E-state index contributed by atoms with van der Waals surface area (Å²) < 4.78 is 91.4. The number of nitrogens with zero attached hydrogens (tertiary/aromatic N) is 3. The highest BCUT2D eigenvalue weighted by atomic mass is 32.2. The molecule has 0 saturated carbocycles. The van der Waals surface area contributed by atoms with Crippen molar-refractivity contribution in [1.29, 1.82) is 0 Å². The van der Waals surface area contributed by atoms with Crippen LogP contribution in [0, 0.1) is 17.2 Å². The molecule has 3 N–H and O–H groups in total. The van der Waals surface area contributed by atoms with Gasteiger partial charge in [-0.15, -0.1) is 0 Å². The van der Waals surface area contributed by atoms with E-state index in [0.717, 1.165) is 42.1 Å². The van der Waals surface area contributed by atoms with E-state index in [-0.39, 0.29) is 29.0 Å². The molecule has 0 saturated heterocycles. The average molecular weight is 790 g/mol. The van der Waals surface area contributed by atoms with Gasteiger partial charge >= 0.3 is 6.18 Å². The zero-order valence-electron chi connectivity index (χ0n) is 32.6. The number of alkyl halides is 3. The van der Waals surface area contributed by atoms with Gasteiger partial charge < -0.3 is 14.9 Å². The van der Waals surface area contributed by atoms with Crippen LogP contribution in [0.5, 0.6) is 0 Å². The lowest BCUT2D eigenvalue weighted by molar-refractivity contribution is -0.137. The molecule has 1 atom stereocenters. The third-order valence-corrected chi connectivity index (χ3v) is 12.6. The van der Waals surface area contributed by atoms with E-state index >= 15 is 4.39 Å². The topological polar surface area (TPSA) is 94.9 Å². The molecule has 6 aromatic rings. The van der Waals surface area contributed by atoms with Gasteiger partial charge in [0.15, 0.2) is 0 Å². The Bertz CT molecular complexity index is 2420. The van der Waals surface area contributed by atoms with Gasteiger partial charge in [-0.2, -0.15) is 13.2 Å². The summed E-state index contributed by atoms with van der Waals surface area (Å²) in [5, 5.41) is 0.937. The number of hydrogen-bond donors (Lipinski definition) is 2. The number of nitrogens with two attached hydrogens (primary N) is 1. The molecule has 0 radical (unpaired) electrons. The van der Waals surface area contributed by atoms with Gasteiger partial charge in [0.25, 0.3) is 0 Å². The van der Waals surface area contributed by atoms with Gasteiger partial charge in [0.05, 0.1) is 10.8 Å². The quantitative estimate of drug-likeness (QED) is 0.0955. The maximum absolute atomic E-state index is 15.7. The van der Waals surface area contributed by atoms with E-state index in [4.69, 9.17) is 5.73 Å². The third kappa shape index (κ3) is 9.19. The fraction of sp³-hybridized carbons (Fsp3) is 0.386. The second-order valence-electron chi connectivity index (χ2n) is 16.1. The molecule has 0 spiro atoms. The first-order chi connectivity index (χ1) is 26.5. The lowest BCUT2D eigenvalue weighted by Gasteiger charge is -2.27. The predicted octanol–water partition coefficient (Wildman–Crippen LogP) is 10.3. The fourth-order valence-electron chi connectivity index (χ4n) is 7.49. The monoisotopic (exact) mass is 789 g/mol. The Morgan fingerprint density at radius 1 is 0.821 bits per heavy atom. The minimum atomic E-state index is -4.66. The lowest BCUT2D eigenvalue weighted by atomic mass is 9.84. The molecule has 0 amide bonds. The minimum Gasteiger partial charge on any atom is -0.347 e. The van der Waals surface area contributed by atoms with Crippen LogP contribution in [0.1, 0.15) is 70.6 Å². The number of benzene rings is 3. The summed E-state index contributed by atoms with van der Waals surface area (Å²) in [5.74, 6) is -0.642. The molecule has 0 aliphatic rings. The molecule has 12 heteroatoms. The first-order valence-corrected chi connectivity index (χ1v) is 20.7. The average Bonchev–Trinajstić information content (AvgIpc) is 3.67. The van der Waals surface area contributed by atoms with Gasteiger partial charge in [-0.25, -0.2) is 17.5 Å². The Balaban J connectivity index is 1.15. The number of sulfonamides is 1. The molecule has 3 aromatic carbocycles. The van der Waals surface area contributed by atoms with Crippen molar-refractivity contribution in [2.45, 2.75) is 91.4 Å². The Labute approximate surface area is 327 Å². The van der Waals surface area contributed by atoms with Gasteiger partial charge in [0, 0.05) is 71.8 Å². The van der Waals surface area contributed by atoms with Crippen LogP contribution in [0.15, 0.2) is 91.5 Å². The summed E-state index contributed by atoms with van der Waals surface area (Å²) in [6.45, 7) is 11.8. The number of halogens is 4. The molecule has 0 bridgehead atoms. The molecule has 3 heterocycles. The number of fused-ring (bicyclic) bond motifs is 2. The van der Waals surface area contributed by atoms with E-state index in [1.807, 2.05) is 30.5 Å². The van der Waals surface area contributed by atoms with E-state index in [9.17, 15) is 21.6 Å². The van der Waals surface area contributed by atoms with Crippen LogP contribution < -0.4 is 10.5 Å². The molecule has 6 rings (SSSR count). The van der Waals surface area contributed by atoms with Crippen molar-refractivity contribution in [1.82, 2.24) is 18.8 Å². The molecule has 3 aromatic heterocycles. The molecular weight excluding hydrogens is 739 g/mol. The second kappa shape index (κ2) is 16.5. The molecule has 298 valence electrons. The zero-order chi connectivity index (χ0) is 40.4. The van der Waals surface area contributed by atoms with Crippen molar-refractivity contribution in [3.8, 4) is 22.3 Å². The van der Waals surface area contributed by atoms with Crippen molar-refractivity contribution < 1.29 is 26.0 Å². The predicted molar refractivity (Wildman–Crippen MR) is 218 cm³/mol. The Morgan fingerprint density at radius 2 is 1.52 bits per heavy atom. The number of aryl methyl sites for hydroxylation is 1. The largest absolute Gasteiger partial charge is 0.417 e. The lowest BCUT2D eigenvalue weighted by Crippen LogP contribution is -2.33. The zero-order valence-corrected chi connectivity index (χ0v) is 33.4. The molecular formula is C44H51F4N5O2S. The van der Waals surface area contributed by atoms with Crippen molar-refractivity contribution in [2.75, 3.05) is 6.54 Å². The van der Waals surface area contributed by atoms with Crippen LogP contribution in [0.25, 0.3) is 44.1 Å². The Morgan fingerprint density at radius 3 is 2.21 bits per heavy atom. The van der Waals surface area contributed by atoms with E-state index in [2.05, 4.69) is 52.5 Å². The van der Waals surface area contributed by atoms with Crippen LogP contribution in [-0.2, 0) is 42.3 Å². The molecule has 0 fully saturated rings. The van der Waals surface area contributed by atoms with Crippen LogP contribution in [0.3, 0.4) is 0 Å². The summed E-state index contributed by atoms with van der Waals surface area (Å²) in [6, 6.07) is 18.1. The van der Waals surface area contributed by atoms with E-state index in [1.54, 1.807) is 25.5 Å². The molecule has 0 aliphatic carbocycles. The van der Waals surface area contributed by atoms with Crippen molar-refractivity contribution >= 4 is 31.8 Å². The normalized spacial score (nSPS) is 13.3. The van der Waals surface area contributed by atoms with Crippen LogP contribution in [0.2, 0.25) is 0 Å². The SMILES string of the molecule is CC(C)Cn1cc(CNS(=O)(=O)C(C)CCC(C)(C)CCn2cc(CCN)c3ccc(-c4ccncc4)cc32)c2cc(F)c(-c3ccccc3C(F)(F)F)cc21. The summed E-state index contributed by atoms with van der Waals surface area (Å²) in [6.07, 6.45) is 5.57. The first-order valence-electron chi connectivity index (χ1n) is 19.2. The highest BCUT2D eigenvalue weighted by Crippen LogP contribution is 2.40. The van der Waals surface area contributed by atoms with E-state index < -0.39 is 32.8 Å². The summed E-state index contributed by atoms with van der Waals surface area (Å²) in [5.41, 5.74) is 10.1. The highest BCUT2D eigenvalue weighted by Gasteiger charge is 2.34. The fourth-order valence-corrected chi connectivity index (χ4v) is 8.56. The van der Waals surface area contributed by atoms with Crippen molar-refractivity contribution in [2.24, 2.45) is 17.1 Å². The Hall–Kier alpha value is -4.52. The standard InChI is InChI=1S/C44H51F4N5O2S/c1-29(2)26-53-28-34(37-23-40(45)38(24-42(37)53)36-8-6-7-9-39(36)44(46,47)48)25-51-56(54,55)30(3)12-16-43(4,5)17-21-52-27-33(13-18-49)35-11-10-32(22-41(35)52)31-14-19-50-20-15-31/h6-11,14-15,19-20,22-24,27-30,51H,12-13,16-18,21,25-26,49H2,1-5H3. The summed E-state index contributed by atoms with van der Waals surface area (Å²) in [4.78, 5) is 4.15. The molecule has 7 nitrogen and oxygen atoms in total. The van der Waals surface area contributed by atoms with Gasteiger partial charge in [0.2, 0.25) is 10.0 Å². The molecule has 0 aliphatic heterocycles. The second-order valence-corrected chi connectivity index (χ2v) is 18.3. The van der Waals surface area contributed by atoms with Gasteiger partial charge in [0.1, 0.15) is 5.82 Å². The number of hydrogen-bond acceptors (Lipinski definition) is 4. The van der Waals surface area contributed by atoms with E-state index in [0.29, 0.717) is 42.4 Å². The van der Waals surface area contributed by atoms with Gasteiger partial charge in [-0.3, -0.25) is 4.98 Å². The first kappa shape index (κ1) is 41.1. The molecule has 56 heavy (non-hydrogen) atoms. The van der Waals surface area contributed by atoms with Crippen LogP contribution in [0.4, 0.5) is 17.6 Å². The third-order valence-electron chi connectivity index (χ3n) is 10.8. The number of rotatable bonds is 16. The summed E-state index contributed by atoms with van der Waals surface area (Å²) in [7, 11) is -3.78. The van der Waals surface area contributed by atoms with Crippen LogP contribution in [-0.4, -0.2) is 34.3 Å². The Kier molecular flexibility index (Phi) is 12.1. The van der Waals surface area contributed by atoms with Crippen molar-refractivity contribution in [3.63, 3.8) is 0 Å². The highest BCUT2D eigenvalue weighted by molar-refractivity contribution is 7.90. The number of aromatic nitrogens is 3. The number of pyridine rings is 1. The van der Waals surface area contributed by atoms with Crippen LogP contribution >= 0.6 is 0 Å². The smallest absolute Gasteiger partial charge is 0.347 e. The molecule has 1 unspecified atom stereocenters. The van der Waals surface area contributed by atoms with Gasteiger partial charge in [-0.1, -0.05) is 58.0 Å². The van der Waals surface area contributed by atoms with Gasteiger partial charge in [-0.05, 0) is 115 Å². The minimum absolute atomic E-state index is 0.0805. The summed E-state index contributed by atoms with van der Waals surface area (Å²) >= 11 is 0. The maximum atomic E-state index is 15.7. The number of nitrogens with one attached hydrogen (secondary N) is 1. The van der Waals surface area contributed by atoms with Crippen molar-refractivity contribution in [3.05, 3.63) is 114 Å². The maximum Gasteiger partial charge on any atom is 0.417 e.